The molecule has 2 aromatic rings. The molecule has 0 spiro atoms. The van der Waals surface area contributed by atoms with Crippen LogP contribution in [0.1, 0.15) is 63.5 Å². The standard InChI is InChI=1S/C20H21F3.C2H6/c1-12-3-5-14(6-4-12)15-7-8-17(20(23)9-15)16-10-18(21)13(2)19(22)11-16;1-2/h7-12,14H,3-6H2,1-2H3;1-2H3. The summed E-state index contributed by atoms with van der Waals surface area (Å²) < 4.78 is 41.9. The van der Waals surface area contributed by atoms with Crippen molar-refractivity contribution >= 4 is 0 Å². The van der Waals surface area contributed by atoms with Crippen LogP contribution in [0.5, 0.6) is 0 Å². The second kappa shape index (κ2) is 8.55. The molecule has 0 nitrogen and oxygen atoms in total. The summed E-state index contributed by atoms with van der Waals surface area (Å²) in [5, 5.41) is 0. The van der Waals surface area contributed by atoms with E-state index < -0.39 is 17.5 Å². The molecule has 0 radical (unpaired) electrons. The van der Waals surface area contributed by atoms with Gasteiger partial charge in [-0.3, -0.25) is 0 Å². The minimum Gasteiger partial charge on any atom is -0.207 e. The summed E-state index contributed by atoms with van der Waals surface area (Å²) in [7, 11) is 0. The predicted octanol–water partition coefficient (Wildman–Crippen LogP) is 7.40. The first-order chi connectivity index (χ1) is 12.0. The van der Waals surface area contributed by atoms with Crippen molar-refractivity contribution in [3.8, 4) is 11.1 Å². The molecule has 1 fully saturated rings. The molecule has 0 heterocycles. The van der Waals surface area contributed by atoms with E-state index in [2.05, 4.69) is 6.92 Å². The van der Waals surface area contributed by atoms with Crippen LogP contribution in [0.15, 0.2) is 30.3 Å². The molecule has 1 aliphatic rings. The molecule has 0 aliphatic heterocycles. The quantitative estimate of drug-likeness (QED) is 0.530. The molecule has 0 saturated heterocycles. The molecule has 0 N–H and O–H groups in total. The van der Waals surface area contributed by atoms with Crippen LogP contribution in [0.2, 0.25) is 0 Å². The smallest absolute Gasteiger partial charge is 0.131 e. The third-order valence-corrected chi connectivity index (χ3v) is 5.07. The van der Waals surface area contributed by atoms with E-state index in [4.69, 9.17) is 0 Å². The Labute approximate surface area is 149 Å². The minimum absolute atomic E-state index is 0.0397. The summed E-state index contributed by atoms with van der Waals surface area (Å²) >= 11 is 0. The van der Waals surface area contributed by atoms with Crippen molar-refractivity contribution in [2.75, 3.05) is 0 Å². The Morgan fingerprint density at radius 2 is 1.36 bits per heavy atom. The Kier molecular flexibility index (Phi) is 6.69. The van der Waals surface area contributed by atoms with Gasteiger partial charge in [-0.1, -0.05) is 45.7 Å². The third kappa shape index (κ3) is 4.45. The van der Waals surface area contributed by atoms with E-state index in [1.807, 2.05) is 19.9 Å². The van der Waals surface area contributed by atoms with Crippen molar-refractivity contribution in [2.45, 2.75) is 59.3 Å². The maximum Gasteiger partial charge on any atom is 0.131 e. The van der Waals surface area contributed by atoms with Crippen molar-refractivity contribution in [1.82, 2.24) is 0 Å². The van der Waals surface area contributed by atoms with Gasteiger partial charge >= 0.3 is 0 Å². The molecule has 0 aromatic heterocycles. The molecule has 25 heavy (non-hydrogen) atoms. The summed E-state index contributed by atoms with van der Waals surface area (Å²) in [5.74, 6) is -0.576. The van der Waals surface area contributed by atoms with Crippen LogP contribution in [-0.2, 0) is 0 Å². The summed E-state index contributed by atoms with van der Waals surface area (Å²) in [6.07, 6.45) is 4.49. The van der Waals surface area contributed by atoms with Gasteiger partial charge in [-0.05, 0) is 60.9 Å². The van der Waals surface area contributed by atoms with Crippen LogP contribution in [0.3, 0.4) is 0 Å². The van der Waals surface area contributed by atoms with E-state index in [0.29, 0.717) is 5.92 Å². The Hall–Kier alpha value is -1.77. The summed E-state index contributed by atoms with van der Waals surface area (Å²) in [4.78, 5) is 0. The van der Waals surface area contributed by atoms with Crippen molar-refractivity contribution in [2.24, 2.45) is 5.92 Å². The van der Waals surface area contributed by atoms with Gasteiger partial charge in [-0.25, -0.2) is 13.2 Å². The summed E-state index contributed by atoms with van der Waals surface area (Å²) in [5.41, 5.74) is 1.44. The number of halogens is 3. The fourth-order valence-electron chi connectivity index (χ4n) is 3.41. The molecular weight excluding hydrogens is 321 g/mol. The van der Waals surface area contributed by atoms with Crippen molar-refractivity contribution in [3.05, 3.63) is 58.9 Å². The lowest BCUT2D eigenvalue weighted by Gasteiger charge is -2.26. The van der Waals surface area contributed by atoms with Crippen LogP contribution in [0, 0.1) is 30.3 Å². The number of rotatable bonds is 2. The summed E-state index contributed by atoms with van der Waals surface area (Å²) in [6, 6.07) is 7.46. The van der Waals surface area contributed by atoms with Gasteiger partial charge in [-0.2, -0.15) is 0 Å². The second-order valence-corrected chi connectivity index (χ2v) is 6.76. The van der Waals surface area contributed by atoms with Crippen molar-refractivity contribution in [3.63, 3.8) is 0 Å². The van der Waals surface area contributed by atoms with Gasteiger partial charge in [0, 0.05) is 11.1 Å². The van der Waals surface area contributed by atoms with Crippen LogP contribution in [0.25, 0.3) is 11.1 Å². The SMILES string of the molecule is CC.Cc1c(F)cc(-c2ccc(C3CCC(C)CC3)cc2F)cc1F. The molecule has 0 bridgehead atoms. The zero-order valence-electron chi connectivity index (χ0n) is 15.5. The van der Waals surface area contributed by atoms with E-state index in [9.17, 15) is 13.2 Å². The number of benzene rings is 2. The van der Waals surface area contributed by atoms with Gasteiger partial charge in [0.2, 0.25) is 0 Å². The van der Waals surface area contributed by atoms with E-state index in [1.165, 1.54) is 38.0 Å². The second-order valence-electron chi connectivity index (χ2n) is 6.76. The molecule has 1 saturated carbocycles. The molecule has 0 unspecified atom stereocenters. The lowest BCUT2D eigenvalue weighted by Crippen LogP contribution is -2.11. The average Bonchev–Trinajstić information content (AvgIpc) is 2.61. The fraction of sp³-hybridized carbons (Fsp3) is 0.455. The first-order valence-electron chi connectivity index (χ1n) is 9.21. The Morgan fingerprint density at radius 3 is 1.88 bits per heavy atom. The molecule has 3 rings (SSSR count). The highest BCUT2D eigenvalue weighted by Crippen LogP contribution is 2.37. The predicted molar refractivity (Wildman–Crippen MR) is 98.2 cm³/mol. The van der Waals surface area contributed by atoms with Crippen LogP contribution >= 0.6 is 0 Å². The zero-order chi connectivity index (χ0) is 18.6. The number of hydrogen-bond donors (Lipinski definition) is 0. The van der Waals surface area contributed by atoms with E-state index >= 15 is 0 Å². The van der Waals surface area contributed by atoms with E-state index in [1.54, 1.807) is 6.07 Å². The maximum absolute atomic E-state index is 14.5. The van der Waals surface area contributed by atoms with Gasteiger partial charge in [0.15, 0.2) is 0 Å². The Bertz CT molecular complexity index is 690. The van der Waals surface area contributed by atoms with Gasteiger partial charge in [0.25, 0.3) is 0 Å². The van der Waals surface area contributed by atoms with Gasteiger partial charge < -0.3 is 0 Å². The molecule has 0 atom stereocenters. The fourth-order valence-corrected chi connectivity index (χ4v) is 3.41. The van der Waals surface area contributed by atoms with Crippen LogP contribution in [-0.4, -0.2) is 0 Å². The highest BCUT2D eigenvalue weighted by molar-refractivity contribution is 5.65. The molecular formula is C22H27F3. The number of hydrogen-bond acceptors (Lipinski definition) is 0. The average molecular weight is 348 g/mol. The van der Waals surface area contributed by atoms with E-state index in [-0.39, 0.29) is 16.7 Å². The van der Waals surface area contributed by atoms with Gasteiger partial charge in [0.1, 0.15) is 17.5 Å². The summed E-state index contributed by atoms with van der Waals surface area (Å²) in [6.45, 7) is 7.62. The van der Waals surface area contributed by atoms with Crippen molar-refractivity contribution < 1.29 is 13.2 Å². The Morgan fingerprint density at radius 1 is 0.800 bits per heavy atom. The molecule has 1 aliphatic carbocycles. The largest absolute Gasteiger partial charge is 0.207 e. The van der Waals surface area contributed by atoms with Crippen LogP contribution in [0.4, 0.5) is 13.2 Å². The highest BCUT2D eigenvalue weighted by Gasteiger charge is 2.21. The monoisotopic (exact) mass is 348 g/mol. The first-order valence-corrected chi connectivity index (χ1v) is 9.21. The normalized spacial score (nSPS) is 20.0. The molecule has 0 amide bonds. The first kappa shape index (κ1) is 19.6. The van der Waals surface area contributed by atoms with Gasteiger partial charge in [-0.15, -0.1) is 0 Å². The zero-order valence-corrected chi connectivity index (χ0v) is 15.5. The van der Waals surface area contributed by atoms with Crippen LogP contribution < -0.4 is 0 Å². The van der Waals surface area contributed by atoms with Crippen molar-refractivity contribution in [1.29, 1.82) is 0 Å². The van der Waals surface area contributed by atoms with E-state index in [0.717, 1.165) is 24.3 Å². The Balaban J connectivity index is 0.00000109. The highest BCUT2D eigenvalue weighted by atomic mass is 19.1. The van der Waals surface area contributed by atoms with Gasteiger partial charge in [0.05, 0.1) is 0 Å². The maximum atomic E-state index is 14.5. The lowest BCUT2D eigenvalue weighted by molar-refractivity contribution is 0.347. The third-order valence-electron chi connectivity index (χ3n) is 5.07. The minimum atomic E-state index is -0.648. The lowest BCUT2D eigenvalue weighted by atomic mass is 9.79. The molecule has 136 valence electrons. The topological polar surface area (TPSA) is 0 Å². The molecule has 2 aromatic carbocycles. The molecule has 3 heteroatoms.